The van der Waals surface area contributed by atoms with Crippen molar-refractivity contribution in [3.05, 3.63) is 69.2 Å². The SMILES string of the molecule is O=C(c1c(F)cc(Br)cc1F)N1Cc2ccccc2C1. The minimum absolute atomic E-state index is 0.272. The van der Waals surface area contributed by atoms with E-state index in [4.69, 9.17) is 0 Å². The summed E-state index contributed by atoms with van der Waals surface area (Å²) in [5, 5.41) is 0. The number of carbonyl (C=O) groups excluding carboxylic acids is 1. The summed E-state index contributed by atoms with van der Waals surface area (Å²) < 4.78 is 27.9. The van der Waals surface area contributed by atoms with Crippen molar-refractivity contribution in [1.82, 2.24) is 4.90 Å². The highest BCUT2D eigenvalue weighted by Crippen LogP contribution is 2.27. The summed E-state index contributed by atoms with van der Waals surface area (Å²) in [5.41, 5.74) is 1.53. The van der Waals surface area contributed by atoms with Crippen molar-refractivity contribution >= 4 is 21.8 Å². The van der Waals surface area contributed by atoms with Crippen LogP contribution in [0.15, 0.2) is 40.9 Å². The van der Waals surface area contributed by atoms with Gasteiger partial charge in [-0.25, -0.2) is 8.78 Å². The number of benzene rings is 2. The van der Waals surface area contributed by atoms with Crippen LogP contribution in [0.2, 0.25) is 0 Å². The fourth-order valence-electron chi connectivity index (χ4n) is 2.38. The Morgan fingerprint density at radius 3 is 2.05 bits per heavy atom. The Kier molecular flexibility index (Phi) is 3.30. The lowest BCUT2D eigenvalue weighted by atomic mass is 10.1. The normalized spacial score (nSPS) is 13.4. The average Bonchev–Trinajstić information content (AvgIpc) is 2.81. The molecular formula is C15H10BrF2NO. The maximum Gasteiger partial charge on any atom is 0.260 e. The average molecular weight is 338 g/mol. The molecule has 1 amide bonds. The molecule has 0 N–H and O–H groups in total. The number of halogens is 3. The van der Waals surface area contributed by atoms with E-state index in [0.717, 1.165) is 23.3 Å². The molecule has 0 unspecified atom stereocenters. The molecule has 20 heavy (non-hydrogen) atoms. The fourth-order valence-corrected chi connectivity index (χ4v) is 2.78. The fraction of sp³-hybridized carbons (Fsp3) is 0.133. The Labute approximate surface area is 123 Å². The molecule has 0 aliphatic carbocycles. The van der Waals surface area contributed by atoms with Gasteiger partial charge in [0.15, 0.2) is 0 Å². The lowest BCUT2D eigenvalue weighted by Gasteiger charge is -2.16. The molecule has 1 aliphatic rings. The van der Waals surface area contributed by atoms with Crippen molar-refractivity contribution in [3.63, 3.8) is 0 Å². The first-order chi connectivity index (χ1) is 9.56. The molecule has 2 nitrogen and oxygen atoms in total. The largest absolute Gasteiger partial charge is 0.330 e. The summed E-state index contributed by atoms with van der Waals surface area (Å²) in [6.07, 6.45) is 0. The van der Waals surface area contributed by atoms with Crippen LogP contribution in [0.4, 0.5) is 8.78 Å². The van der Waals surface area contributed by atoms with E-state index in [1.807, 2.05) is 24.3 Å². The van der Waals surface area contributed by atoms with Gasteiger partial charge in [0.2, 0.25) is 0 Å². The minimum Gasteiger partial charge on any atom is -0.330 e. The van der Waals surface area contributed by atoms with Gasteiger partial charge < -0.3 is 4.90 Å². The zero-order chi connectivity index (χ0) is 14.3. The smallest absolute Gasteiger partial charge is 0.260 e. The van der Waals surface area contributed by atoms with Crippen LogP contribution in [0.25, 0.3) is 0 Å². The van der Waals surface area contributed by atoms with Crippen molar-refractivity contribution in [3.8, 4) is 0 Å². The first-order valence-corrected chi connectivity index (χ1v) is 6.86. The molecule has 1 heterocycles. The van der Waals surface area contributed by atoms with Gasteiger partial charge in [0.05, 0.1) is 0 Å². The molecular weight excluding hydrogens is 328 g/mol. The van der Waals surface area contributed by atoms with E-state index >= 15 is 0 Å². The second-order valence-electron chi connectivity index (χ2n) is 4.67. The zero-order valence-corrected chi connectivity index (χ0v) is 12.0. The third-order valence-corrected chi connectivity index (χ3v) is 3.81. The van der Waals surface area contributed by atoms with Crippen LogP contribution in [0.1, 0.15) is 21.5 Å². The Balaban J connectivity index is 1.93. The Hall–Kier alpha value is -1.75. The van der Waals surface area contributed by atoms with Crippen LogP contribution in [-0.4, -0.2) is 10.8 Å². The summed E-state index contributed by atoms with van der Waals surface area (Å²) in [6, 6.07) is 9.79. The zero-order valence-electron chi connectivity index (χ0n) is 10.4. The summed E-state index contributed by atoms with van der Waals surface area (Å²) in [4.78, 5) is 13.7. The van der Waals surface area contributed by atoms with Gasteiger partial charge in [0, 0.05) is 17.6 Å². The highest BCUT2D eigenvalue weighted by Gasteiger charge is 2.28. The molecule has 0 radical (unpaired) electrons. The molecule has 1 aliphatic heterocycles. The van der Waals surface area contributed by atoms with Gasteiger partial charge in [-0.1, -0.05) is 40.2 Å². The van der Waals surface area contributed by atoms with E-state index in [9.17, 15) is 13.6 Å². The number of hydrogen-bond donors (Lipinski definition) is 0. The van der Waals surface area contributed by atoms with Crippen molar-refractivity contribution in [2.75, 3.05) is 0 Å². The Morgan fingerprint density at radius 1 is 1.05 bits per heavy atom. The predicted molar refractivity (Wildman–Crippen MR) is 74.1 cm³/mol. The van der Waals surface area contributed by atoms with Crippen molar-refractivity contribution in [2.24, 2.45) is 0 Å². The maximum absolute atomic E-state index is 13.8. The first kappa shape index (κ1) is 13.2. The summed E-state index contributed by atoms with van der Waals surface area (Å²) in [7, 11) is 0. The van der Waals surface area contributed by atoms with E-state index in [2.05, 4.69) is 15.9 Å². The molecule has 2 aromatic carbocycles. The van der Waals surface area contributed by atoms with Crippen molar-refractivity contribution in [2.45, 2.75) is 13.1 Å². The van der Waals surface area contributed by atoms with Gasteiger partial charge in [0.25, 0.3) is 5.91 Å². The number of rotatable bonds is 1. The van der Waals surface area contributed by atoms with Crippen LogP contribution in [0.3, 0.4) is 0 Å². The van der Waals surface area contributed by atoms with Gasteiger partial charge >= 0.3 is 0 Å². The minimum atomic E-state index is -0.849. The number of carbonyl (C=O) groups is 1. The third kappa shape index (κ3) is 2.22. The highest BCUT2D eigenvalue weighted by atomic mass is 79.9. The molecule has 0 bridgehead atoms. The second-order valence-corrected chi connectivity index (χ2v) is 5.59. The van der Waals surface area contributed by atoms with E-state index in [-0.39, 0.29) is 4.47 Å². The Bertz CT molecular complexity index is 654. The molecule has 5 heteroatoms. The third-order valence-electron chi connectivity index (χ3n) is 3.35. The van der Waals surface area contributed by atoms with E-state index in [1.165, 1.54) is 4.90 Å². The van der Waals surface area contributed by atoms with Crippen molar-refractivity contribution < 1.29 is 13.6 Å². The van der Waals surface area contributed by atoms with Crippen LogP contribution in [0.5, 0.6) is 0 Å². The lowest BCUT2D eigenvalue weighted by Crippen LogP contribution is -2.27. The van der Waals surface area contributed by atoms with E-state index in [0.29, 0.717) is 13.1 Å². The lowest BCUT2D eigenvalue weighted by molar-refractivity contribution is 0.0741. The summed E-state index contributed by atoms with van der Waals surface area (Å²) in [6.45, 7) is 0.758. The van der Waals surface area contributed by atoms with Crippen LogP contribution in [-0.2, 0) is 13.1 Å². The van der Waals surface area contributed by atoms with Crippen LogP contribution in [0, 0.1) is 11.6 Å². The molecule has 2 aromatic rings. The molecule has 3 rings (SSSR count). The predicted octanol–water partition coefficient (Wildman–Crippen LogP) is 3.88. The molecule has 0 aromatic heterocycles. The monoisotopic (exact) mass is 337 g/mol. The molecule has 102 valence electrons. The molecule has 0 saturated heterocycles. The van der Waals surface area contributed by atoms with Gasteiger partial charge in [0.1, 0.15) is 17.2 Å². The van der Waals surface area contributed by atoms with Crippen LogP contribution < -0.4 is 0 Å². The molecule has 0 spiro atoms. The Morgan fingerprint density at radius 2 is 1.55 bits per heavy atom. The second kappa shape index (κ2) is 4.98. The van der Waals surface area contributed by atoms with Crippen molar-refractivity contribution in [1.29, 1.82) is 0 Å². The first-order valence-electron chi connectivity index (χ1n) is 6.07. The summed E-state index contributed by atoms with van der Waals surface area (Å²) in [5.74, 6) is -2.32. The van der Waals surface area contributed by atoms with Crippen LogP contribution >= 0.6 is 15.9 Å². The number of amides is 1. The van der Waals surface area contributed by atoms with Gasteiger partial charge in [-0.3, -0.25) is 4.79 Å². The number of hydrogen-bond acceptors (Lipinski definition) is 1. The molecule has 0 atom stereocenters. The highest BCUT2D eigenvalue weighted by molar-refractivity contribution is 9.10. The van der Waals surface area contributed by atoms with E-state index in [1.54, 1.807) is 0 Å². The van der Waals surface area contributed by atoms with Gasteiger partial charge in [-0.2, -0.15) is 0 Å². The quantitative estimate of drug-likeness (QED) is 0.773. The molecule has 0 fully saturated rings. The number of fused-ring (bicyclic) bond motifs is 1. The molecule has 0 saturated carbocycles. The number of nitrogens with zero attached hydrogens (tertiary/aromatic N) is 1. The topological polar surface area (TPSA) is 20.3 Å². The van der Waals surface area contributed by atoms with Gasteiger partial charge in [-0.05, 0) is 23.3 Å². The standard InChI is InChI=1S/C15H10BrF2NO/c16-11-5-12(17)14(13(18)6-11)15(20)19-7-9-3-1-2-4-10(9)8-19/h1-6H,7-8H2. The maximum atomic E-state index is 13.8. The van der Waals surface area contributed by atoms with Gasteiger partial charge in [-0.15, -0.1) is 0 Å². The van der Waals surface area contributed by atoms with E-state index < -0.39 is 23.1 Å². The summed E-state index contributed by atoms with van der Waals surface area (Å²) >= 11 is 3.00.